The largest absolute Gasteiger partial charge is 0.436 e. The minimum Gasteiger partial charge on any atom is -0.436 e. The number of nitrogens with zero attached hydrogens (tertiary/aromatic N) is 3. The molecule has 0 aliphatic rings. The van der Waals surface area contributed by atoms with Gasteiger partial charge >= 0.3 is 0 Å². The number of rotatable bonds is 3. The van der Waals surface area contributed by atoms with E-state index < -0.39 is 0 Å². The van der Waals surface area contributed by atoms with E-state index in [0.29, 0.717) is 23.7 Å². The molecule has 0 aliphatic heterocycles. The zero-order valence-corrected chi connectivity index (χ0v) is 11.7. The summed E-state index contributed by atoms with van der Waals surface area (Å²) in [6.07, 6.45) is 0. The maximum absolute atomic E-state index is 12.5. The minimum absolute atomic E-state index is 0.227. The molecule has 0 N–H and O–H groups in total. The van der Waals surface area contributed by atoms with Crippen molar-refractivity contribution < 1.29 is 9.21 Å². The molecule has 2 rings (SSSR count). The van der Waals surface area contributed by atoms with Gasteiger partial charge in [-0.05, 0) is 38.1 Å². The highest BCUT2D eigenvalue weighted by atomic mass is 16.4. The minimum atomic E-state index is -0.227. The van der Waals surface area contributed by atoms with Crippen LogP contribution in [-0.2, 0) is 0 Å². The standard InChI is InChI=1S/C15H15N3O2/c1-4-18(13-7-5-12(9-16)6-8-13)15(19)14-10(2)17-11(3)20-14/h5-8H,4H2,1-3H3. The summed E-state index contributed by atoms with van der Waals surface area (Å²) in [5.74, 6) is 0.505. The van der Waals surface area contributed by atoms with Crippen LogP contribution in [0.4, 0.5) is 5.69 Å². The van der Waals surface area contributed by atoms with Crippen LogP contribution >= 0.6 is 0 Å². The van der Waals surface area contributed by atoms with Crippen molar-refractivity contribution in [2.45, 2.75) is 20.8 Å². The Hall–Kier alpha value is -2.61. The van der Waals surface area contributed by atoms with E-state index in [0.717, 1.165) is 5.69 Å². The van der Waals surface area contributed by atoms with Crippen molar-refractivity contribution in [2.24, 2.45) is 0 Å². The Kier molecular flexibility index (Phi) is 3.85. The normalized spacial score (nSPS) is 10.1. The maximum Gasteiger partial charge on any atom is 0.295 e. The van der Waals surface area contributed by atoms with Crippen LogP contribution in [0, 0.1) is 25.2 Å². The second kappa shape index (κ2) is 5.57. The summed E-state index contributed by atoms with van der Waals surface area (Å²) in [5, 5.41) is 8.80. The summed E-state index contributed by atoms with van der Waals surface area (Å²) in [5.41, 5.74) is 1.87. The Morgan fingerprint density at radius 2 is 2.00 bits per heavy atom. The number of hydrogen-bond acceptors (Lipinski definition) is 4. The fourth-order valence-corrected chi connectivity index (χ4v) is 2.01. The average Bonchev–Trinajstić information content (AvgIpc) is 2.79. The van der Waals surface area contributed by atoms with Crippen LogP contribution in [-0.4, -0.2) is 17.4 Å². The zero-order chi connectivity index (χ0) is 14.7. The second-order valence-electron chi connectivity index (χ2n) is 4.36. The van der Waals surface area contributed by atoms with Gasteiger partial charge in [-0.25, -0.2) is 4.98 Å². The van der Waals surface area contributed by atoms with Gasteiger partial charge in [0, 0.05) is 19.2 Å². The van der Waals surface area contributed by atoms with Crippen molar-refractivity contribution >= 4 is 11.6 Å². The first-order valence-electron chi connectivity index (χ1n) is 6.33. The topological polar surface area (TPSA) is 70.1 Å². The molecule has 20 heavy (non-hydrogen) atoms. The van der Waals surface area contributed by atoms with Gasteiger partial charge in [0.2, 0.25) is 5.76 Å². The molecule has 0 fully saturated rings. The van der Waals surface area contributed by atoms with E-state index in [-0.39, 0.29) is 11.7 Å². The third-order valence-corrected chi connectivity index (χ3v) is 2.97. The number of aromatic nitrogens is 1. The van der Waals surface area contributed by atoms with E-state index in [4.69, 9.17) is 9.68 Å². The smallest absolute Gasteiger partial charge is 0.295 e. The van der Waals surface area contributed by atoms with Crippen LogP contribution in [0.2, 0.25) is 0 Å². The number of aryl methyl sites for hydroxylation is 2. The summed E-state index contributed by atoms with van der Waals surface area (Å²) in [6.45, 7) is 5.84. The lowest BCUT2D eigenvalue weighted by molar-refractivity contribution is 0.0959. The van der Waals surface area contributed by atoms with Gasteiger partial charge in [-0.2, -0.15) is 5.26 Å². The SMILES string of the molecule is CCN(C(=O)c1oc(C)nc1C)c1ccc(C#N)cc1. The number of oxazole rings is 1. The van der Waals surface area contributed by atoms with Crippen molar-refractivity contribution in [3.8, 4) is 6.07 Å². The summed E-state index contributed by atoms with van der Waals surface area (Å²) in [4.78, 5) is 18.2. The van der Waals surface area contributed by atoms with Crippen molar-refractivity contribution in [3.63, 3.8) is 0 Å². The Morgan fingerprint density at radius 1 is 1.35 bits per heavy atom. The molecule has 0 saturated heterocycles. The molecule has 0 bridgehead atoms. The van der Waals surface area contributed by atoms with Crippen LogP contribution in [0.15, 0.2) is 28.7 Å². The van der Waals surface area contributed by atoms with E-state index in [2.05, 4.69) is 11.1 Å². The second-order valence-corrected chi connectivity index (χ2v) is 4.36. The van der Waals surface area contributed by atoms with E-state index >= 15 is 0 Å². The average molecular weight is 269 g/mol. The van der Waals surface area contributed by atoms with Crippen LogP contribution in [0.25, 0.3) is 0 Å². The summed E-state index contributed by atoms with van der Waals surface area (Å²) >= 11 is 0. The number of benzene rings is 1. The molecule has 1 aromatic heterocycles. The first kappa shape index (κ1) is 13.8. The summed E-state index contributed by atoms with van der Waals surface area (Å²) < 4.78 is 5.37. The van der Waals surface area contributed by atoms with E-state index in [1.165, 1.54) is 0 Å². The number of amides is 1. The number of hydrogen-bond donors (Lipinski definition) is 0. The van der Waals surface area contributed by atoms with Gasteiger partial charge in [0.15, 0.2) is 5.89 Å². The van der Waals surface area contributed by atoms with Crippen LogP contribution in [0.1, 0.15) is 34.6 Å². The molecule has 5 heteroatoms. The van der Waals surface area contributed by atoms with Crippen LogP contribution in [0.5, 0.6) is 0 Å². The van der Waals surface area contributed by atoms with Crippen molar-refractivity contribution in [3.05, 3.63) is 47.2 Å². The fourth-order valence-electron chi connectivity index (χ4n) is 2.01. The predicted octanol–water partition coefficient (Wildman–Crippen LogP) is 2.83. The molecule has 0 aliphatic carbocycles. The molecule has 1 amide bonds. The maximum atomic E-state index is 12.5. The first-order chi connectivity index (χ1) is 9.56. The van der Waals surface area contributed by atoms with E-state index in [1.54, 1.807) is 43.0 Å². The lowest BCUT2D eigenvalue weighted by atomic mass is 10.2. The molecular formula is C15H15N3O2. The molecule has 0 atom stereocenters. The van der Waals surface area contributed by atoms with E-state index in [9.17, 15) is 4.79 Å². The number of nitriles is 1. The third kappa shape index (κ3) is 2.54. The lowest BCUT2D eigenvalue weighted by Gasteiger charge is -2.19. The summed E-state index contributed by atoms with van der Waals surface area (Å²) in [6, 6.07) is 8.92. The van der Waals surface area contributed by atoms with Crippen molar-refractivity contribution in [2.75, 3.05) is 11.4 Å². The highest BCUT2D eigenvalue weighted by molar-refractivity contribution is 6.04. The first-order valence-corrected chi connectivity index (χ1v) is 6.33. The Bertz CT molecular complexity index is 665. The van der Waals surface area contributed by atoms with Crippen molar-refractivity contribution in [1.82, 2.24) is 4.98 Å². The Labute approximate surface area is 117 Å². The van der Waals surface area contributed by atoms with Crippen LogP contribution < -0.4 is 4.90 Å². The molecular weight excluding hydrogens is 254 g/mol. The molecule has 0 radical (unpaired) electrons. The van der Waals surface area contributed by atoms with Crippen molar-refractivity contribution in [1.29, 1.82) is 5.26 Å². The monoisotopic (exact) mass is 269 g/mol. The molecule has 0 spiro atoms. The van der Waals surface area contributed by atoms with E-state index in [1.807, 2.05) is 6.92 Å². The molecule has 0 unspecified atom stereocenters. The van der Waals surface area contributed by atoms with Gasteiger partial charge in [-0.15, -0.1) is 0 Å². The highest BCUT2D eigenvalue weighted by Gasteiger charge is 2.22. The van der Waals surface area contributed by atoms with Gasteiger partial charge in [0.1, 0.15) is 0 Å². The molecule has 0 saturated carbocycles. The number of carbonyl (C=O) groups is 1. The molecule has 1 aromatic carbocycles. The highest BCUT2D eigenvalue weighted by Crippen LogP contribution is 2.20. The molecule has 102 valence electrons. The van der Waals surface area contributed by atoms with Gasteiger partial charge in [0.25, 0.3) is 5.91 Å². The number of anilines is 1. The zero-order valence-electron chi connectivity index (χ0n) is 11.7. The Balaban J connectivity index is 2.34. The third-order valence-electron chi connectivity index (χ3n) is 2.97. The quantitative estimate of drug-likeness (QED) is 0.859. The van der Waals surface area contributed by atoms with Gasteiger partial charge in [-0.1, -0.05) is 0 Å². The van der Waals surface area contributed by atoms with Gasteiger partial charge in [0.05, 0.1) is 17.3 Å². The molecule has 5 nitrogen and oxygen atoms in total. The molecule has 1 heterocycles. The molecule has 2 aromatic rings. The Morgan fingerprint density at radius 3 is 2.45 bits per heavy atom. The van der Waals surface area contributed by atoms with Gasteiger partial charge < -0.3 is 9.32 Å². The van der Waals surface area contributed by atoms with Crippen LogP contribution in [0.3, 0.4) is 0 Å². The fraction of sp³-hybridized carbons (Fsp3) is 0.267. The summed E-state index contributed by atoms with van der Waals surface area (Å²) in [7, 11) is 0. The van der Waals surface area contributed by atoms with Gasteiger partial charge in [-0.3, -0.25) is 4.79 Å². The predicted molar refractivity (Wildman–Crippen MR) is 74.5 cm³/mol. The number of carbonyl (C=O) groups excluding carboxylic acids is 1. The lowest BCUT2D eigenvalue weighted by Crippen LogP contribution is -2.30.